The number of benzene rings is 2. The molecule has 0 N–H and O–H groups in total. The van der Waals surface area contributed by atoms with E-state index >= 15 is 0 Å². The number of nitrogens with zero attached hydrogens (tertiary/aromatic N) is 3. The molecule has 4 heteroatoms. The molecule has 0 amide bonds. The molecule has 0 radical (unpaired) electrons. The van der Waals surface area contributed by atoms with Gasteiger partial charge >= 0.3 is 0 Å². The van der Waals surface area contributed by atoms with Crippen molar-refractivity contribution in [2.45, 2.75) is 6.92 Å². The summed E-state index contributed by atoms with van der Waals surface area (Å²) in [6, 6.07) is 16.2. The summed E-state index contributed by atoms with van der Waals surface area (Å²) in [5, 5.41) is 8.29. The molecule has 0 bridgehead atoms. The Morgan fingerprint density at radius 1 is 1.00 bits per heavy atom. The van der Waals surface area contributed by atoms with Crippen molar-refractivity contribution in [2.24, 2.45) is 0 Å². The molecule has 0 aliphatic heterocycles. The third-order valence-corrected chi connectivity index (χ3v) is 4.07. The fraction of sp³-hybridized carbons (Fsp3) is 0.0667. The van der Waals surface area contributed by atoms with Crippen molar-refractivity contribution < 1.29 is 0 Å². The van der Waals surface area contributed by atoms with Gasteiger partial charge in [0.25, 0.3) is 0 Å². The molecule has 2 aromatic carbocycles. The Hall–Kier alpha value is -1.94. The van der Waals surface area contributed by atoms with Gasteiger partial charge in [0.15, 0.2) is 5.82 Å². The fourth-order valence-electron chi connectivity index (χ4n) is 2.02. The largest absolute Gasteiger partial charge is 0.282 e. The number of hydrogen-bond acceptors (Lipinski definition) is 2. The normalized spacial score (nSPS) is 10.6. The molecule has 0 fully saturated rings. The van der Waals surface area contributed by atoms with Crippen LogP contribution in [0.2, 0.25) is 0 Å². The lowest BCUT2D eigenvalue weighted by Gasteiger charge is -2.09. The van der Waals surface area contributed by atoms with Gasteiger partial charge in [-0.05, 0) is 40.5 Å². The van der Waals surface area contributed by atoms with Gasteiger partial charge in [0.05, 0.1) is 0 Å². The second-order valence-corrected chi connectivity index (χ2v) is 5.09. The second kappa shape index (κ2) is 4.97. The number of hydrogen-bond donors (Lipinski definition) is 0. The van der Waals surface area contributed by atoms with Gasteiger partial charge in [-0.1, -0.05) is 36.4 Å². The summed E-state index contributed by atoms with van der Waals surface area (Å²) in [6.07, 6.45) is 1.74. The molecule has 3 aromatic rings. The van der Waals surface area contributed by atoms with Gasteiger partial charge in [0, 0.05) is 15.7 Å². The molecule has 0 aliphatic rings. The molecule has 0 spiro atoms. The van der Waals surface area contributed by atoms with Crippen LogP contribution in [-0.2, 0) is 0 Å². The number of rotatable bonds is 2. The smallest absolute Gasteiger partial charge is 0.169 e. The fourth-order valence-corrected chi connectivity index (χ4v) is 2.46. The molecule has 3 rings (SSSR count). The Morgan fingerprint density at radius 3 is 2.58 bits per heavy atom. The first-order chi connectivity index (χ1) is 9.27. The van der Waals surface area contributed by atoms with E-state index < -0.39 is 0 Å². The van der Waals surface area contributed by atoms with E-state index in [4.69, 9.17) is 0 Å². The number of aromatic nitrogens is 3. The maximum Gasteiger partial charge on any atom is 0.169 e. The Balaban J connectivity index is 2.18. The summed E-state index contributed by atoms with van der Waals surface area (Å²) in [5.41, 5.74) is 3.28. The van der Waals surface area contributed by atoms with Crippen molar-refractivity contribution >= 4 is 15.9 Å². The standard InChI is InChI=1S/C15H12BrN3/c1-11-6-5-9-13(14(11)16)15-18-17-10-19(15)12-7-3-2-4-8-12/h2-10H,1H3. The summed E-state index contributed by atoms with van der Waals surface area (Å²) in [4.78, 5) is 0. The second-order valence-electron chi connectivity index (χ2n) is 4.30. The summed E-state index contributed by atoms with van der Waals surface area (Å²) in [7, 11) is 0. The van der Waals surface area contributed by atoms with E-state index in [1.165, 1.54) is 5.56 Å². The van der Waals surface area contributed by atoms with Crippen LogP contribution in [0.15, 0.2) is 59.3 Å². The van der Waals surface area contributed by atoms with Gasteiger partial charge < -0.3 is 0 Å². The molecular weight excluding hydrogens is 302 g/mol. The predicted octanol–water partition coefficient (Wildman–Crippen LogP) is 4.01. The van der Waals surface area contributed by atoms with Crippen molar-refractivity contribution in [2.75, 3.05) is 0 Å². The zero-order chi connectivity index (χ0) is 13.2. The zero-order valence-electron chi connectivity index (χ0n) is 10.4. The number of aryl methyl sites for hydroxylation is 1. The van der Waals surface area contributed by atoms with Crippen molar-refractivity contribution in [1.82, 2.24) is 14.8 Å². The van der Waals surface area contributed by atoms with E-state index in [1.807, 2.05) is 47.0 Å². The van der Waals surface area contributed by atoms with Crippen molar-refractivity contribution in [3.63, 3.8) is 0 Å². The third-order valence-electron chi connectivity index (χ3n) is 3.01. The Labute approximate surface area is 120 Å². The van der Waals surface area contributed by atoms with Crippen molar-refractivity contribution in [3.8, 4) is 17.1 Å². The molecule has 0 saturated carbocycles. The van der Waals surface area contributed by atoms with Crippen LogP contribution in [0.25, 0.3) is 17.1 Å². The monoisotopic (exact) mass is 313 g/mol. The van der Waals surface area contributed by atoms with Gasteiger partial charge in [-0.3, -0.25) is 4.57 Å². The van der Waals surface area contributed by atoms with Gasteiger partial charge in [-0.2, -0.15) is 0 Å². The lowest BCUT2D eigenvalue weighted by molar-refractivity contribution is 1.06. The first-order valence-electron chi connectivity index (χ1n) is 5.98. The maximum absolute atomic E-state index is 4.25. The van der Waals surface area contributed by atoms with Crippen molar-refractivity contribution in [3.05, 3.63) is 64.9 Å². The average Bonchev–Trinajstić information content (AvgIpc) is 2.92. The SMILES string of the molecule is Cc1cccc(-c2nncn2-c2ccccc2)c1Br. The molecule has 19 heavy (non-hydrogen) atoms. The molecule has 1 aromatic heterocycles. The summed E-state index contributed by atoms with van der Waals surface area (Å²) < 4.78 is 3.04. The highest BCUT2D eigenvalue weighted by molar-refractivity contribution is 9.10. The van der Waals surface area contributed by atoms with E-state index in [9.17, 15) is 0 Å². The Bertz CT molecular complexity index is 704. The Kier molecular flexibility index (Phi) is 3.17. The van der Waals surface area contributed by atoms with Crippen LogP contribution in [0.1, 0.15) is 5.56 Å². The van der Waals surface area contributed by atoms with Crippen LogP contribution in [0.3, 0.4) is 0 Å². The summed E-state index contributed by atoms with van der Waals surface area (Å²) >= 11 is 3.63. The molecule has 1 heterocycles. The van der Waals surface area contributed by atoms with Crippen LogP contribution in [0, 0.1) is 6.92 Å². The zero-order valence-corrected chi connectivity index (χ0v) is 12.0. The van der Waals surface area contributed by atoms with Crippen LogP contribution < -0.4 is 0 Å². The highest BCUT2D eigenvalue weighted by Gasteiger charge is 2.12. The molecular formula is C15H12BrN3. The van der Waals surface area contributed by atoms with Crippen LogP contribution in [-0.4, -0.2) is 14.8 Å². The average molecular weight is 314 g/mol. The lowest BCUT2D eigenvalue weighted by atomic mass is 10.1. The van der Waals surface area contributed by atoms with E-state index in [1.54, 1.807) is 6.33 Å². The summed E-state index contributed by atoms with van der Waals surface area (Å²) in [5.74, 6) is 0.835. The Morgan fingerprint density at radius 2 is 1.79 bits per heavy atom. The number of halogens is 1. The van der Waals surface area contributed by atoms with E-state index in [0.29, 0.717) is 0 Å². The van der Waals surface area contributed by atoms with Crippen LogP contribution in [0.5, 0.6) is 0 Å². The molecule has 0 unspecified atom stereocenters. The van der Waals surface area contributed by atoms with E-state index in [-0.39, 0.29) is 0 Å². The minimum Gasteiger partial charge on any atom is -0.282 e. The molecule has 0 aliphatic carbocycles. The minimum absolute atomic E-state index is 0.835. The molecule has 0 saturated heterocycles. The van der Waals surface area contributed by atoms with E-state index in [0.717, 1.165) is 21.5 Å². The van der Waals surface area contributed by atoms with Gasteiger partial charge in [-0.25, -0.2) is 0 Å². The highest BCUT2D eigenvalue weighted by atomic mass is 79.9. The topological polar surface area (TPSA) is 30.7 Å². The van der Waals surface area contributed by atoms with E-state index in [2.05, 4.69) is 39.1 Å². The molecule has 3 nitrogen and oxygen atoms in total. The quantitative estimate of drug-likeness (QED) is 0.715. The predicted molar refractivity (Wildman–Crippen MR) is 79.2 cm³/mol. The first kappa shape index (κ1) is 12.1. The van der Waals surface area contributed by atoms with Gasteiger partial charge in [-0.15, -0.1) is 10.2 Å². The minimum atomic E-state index is 0.835. The maximum atomic E-state index is 4.25. The lowest BCUT2D eigenvalue weighted by Crippen LogP contribution is -1.97. The summed E-state index contributed by atoms with van der Waals surface area (Å²) in [6.45, 7) is 2.07. The number of para-hydroxylation sites is 1. The van der Waals surface area contributed by atoms with Crippen LogP contribution >= 0.6 is 15.9 Å². The highest BCUT2D eigenvalue weighted by Crippen LogP contribution is 2.30. The first-order valence-corrected chi connectivity index (χ1v) is 6.77. The molecule has 0 atom stereocenters. The van der Waals surface area contributed by atoms with Crippen LogP contribution in [0.4, 0.5) is 0 Å². The van der Waals surface area contributed by atoms with Gasteiger partial charge in [0.1, 0.15) is 6.33 Å². The van der Waals surface area contributed by atoms with Crippen molar-refractivity contribution in [1.29, 1.82) is 0 Å². The van der Waals surface area contributed by atoms with Gasteiger partial charge in [0.2, 0.25) is 0 Å². The molecule has 94 valence electrons. The third kappa shape index (κ3) is 2.19.